The molecule has 0 aliphatic carbocycles. The molecule has 0 fully saturated rings. The van der Waals surface area contributed by atoms with E-state index in [0.29, 0.717) is 6.54 Å². The number of rotatable bonds is 10. The number of aryl methyl sites for hydroxylation is 1. The van der Waals surface area contributed by atoms with Crippen LogP contribution in [0.15, 0.2) is 79.0 Å². The lowest BCUT2D eigenvalue weighted by molar-refractivity contribution is 0.172. The molecule has 5 rings (SSSR count). The molecular formula is C32H36N4O3. The van der Waals surface area contributed by atoms with E-state index in [2.05, 4.69) is 63.0 Å². The summed E-state index contributed by atoms with van der Waals surface area (Å²) in [5.74, 6) is 1.55. The summed E-state index contributed by atoms with van der Waals surface area (Å²) in [4.78, 5) is 19.6. The van der Waals surface area contributed by atoms with Gasteiger partial charge in [0, 0.05) is 37.3 Å². The lowest BCUT2D eigenvalue weighted by atomic mass is 9.88. The van der Waals surface area contributed by atoms with Crippen LogP contribution in [0.4, 0.5) is 10.5 Å². The fourth-order valence-corrected chi connectivity index (χ4v) is 5.49. The van der Waals surface area contributed by atoms with Gasteiger partial charge in [-0.3, -0.25) is 9.88 Å². The Bertz CT molecular complexity index is 1400. The first-order chi connectivity index (χ1) is 19.2. The van der Waals surface area contributed by atoms with E-state index in [9.17, 15) is 4.79 Å². The van der Waals surface area contributed by atoms with Crippen molar-refractivity contribution in [2.75, 3.05) is 39.2 Å². The zero-order valence-corrected chi connectivity index (χ0v) is 22.7. The topological polar surface area (TPSA) is 75.7 Å². The number of ether oxygens (including phenoxy) is 2. The van der Waals surface area contributed by atoms with Gasteiger partial charge in [0.05, 0.1) is 25.4 Å². The number of amides is 2. The van der Waals surface area contributed by atoms with Gasteiger partial charge in [0.1, 0.15) is 0 Å². The summed E-state index contributed by atoms with van der Waals surface area (Å²) in [5.41, 5.74) is 5.59. The Hall–Kier alpha value is -4.10. The predicted octanol–water partition coefficient (Wildman–Crippen LogP) is 6.00. The third-order valence-electron chi connectivity index (χ3n) is 7.47. The number of nitrogens with zero attached hydrogens (tertiary/aromatic N) is 2. The van der Waals surface area contributed by atoms with Crippen molar-refractivity contribution in [3.05, 3.63) is 95.7 Å². The van der Waals surface area contributed by atoms with Crippen molar-refractivity contribution in [1.29, 1.82) is 0 Å². The molecule has 3 aromatic carbocycles. The third kappa shape index (κ3) is 6.32. The van der Waals surface area contributed by atoms with E-state index in [1.807, 2.05) is 30.3 Å². The minimum absolute atomic E-state index is 0.201. The summed E-state index contributed by atoms with van der Waals surface area (Å²) in [6.45, 7) is 2.46. The van der Waals surface area contributed by atoms with Crippen molar-refractivity contribution in [2.45, 2.75) is 31.7 Å². The predicted molar refractivity (Wildman–Crippen MR) is 156 cm³/mol. The Kier molecular flexibility index (Phi) is 8.58. The third-order valence-corrected chi connectivity index (χ3v) is 7.47. The minimum Gasteiger partial charge on any atom is -0.493 e. The van der Waals surface area contributed by atoms with Crippen molar-refractivity contribution >= 4 is 22.6 Å². The van der Waals surface area contributed by atoms with Crippen molar-refractivity contribution in [2.24, 2.45) is 0 Å². The molecule has 39 heavy (non-hydrogen) atoms. The van der Waals surface area contributed by atoms with Crippen LogP contribution in [0.3, 0.4) is 0 Å². The molecule has 0 bridgehead atoms. The first-order valence-electron chi connectivity index (χ1n) is 13.6. The number of anilines is 1. The fraction of sp³-hybridized carbons (Fsp3) is 0.312. The number of methoxy groups -OCH3 is 2. The number of hydrogen-bond acceptors (Lipinski definition) is 5. The van der Waals surface area contributed by atoms with Crippen LogP contribution < -0.4 is 20.1 Å². The van der Waals surface area contributed by atoms with Gasteiger partial charge in [-0.15, -0.1) is 0 Å². The second-order valence-corrected chi connectivity index (χ2v) is 9.84. The molecule has 1 aromatic heterocycles. The molecule has 2 N–H and O–H groups in total. The number of hydrogen-bond donors (Lipinski definition) is 2. The standard InChI is InChI=1S/C32H36N4O3/c1-38-30-21-24-16-20-36(29(26(24)22-31(30)39-2)14-13-23-9-4-3-5-10-23)19-8-17-34-32(37)35-28-15-18-33-27-12-7-6-11-25(27)28/h3-7,9-12,15,18,21-22,29H,8,13-14,16-17,19-20H2,1-2H3,(H2,33,34,35,37). The van der Waals surface area contributed by atoms with Crippen LogP contribution in [0.1, 0.15) is 35.6 Å². The maximum atomic E-state index is 12.6. The van der Waals surface area contributed by atoms with Crippen LogP contribution in [0.25, 0.3) is 10.9 Å². The fourth-order valence-electron chi connectivity index (χ4n) is 5.49. The Morgan fingerprint density at radius 2 is 1.77 bits per heavy atom. The van der Waals surface area contributed by atoms with Gasteiger partial charge in [-0.1, -0.05) is 48.5 Å². The smallest absolute Gasteiger partial charge is 0.319 e. The summed E-state index contributed by atoms with van der Waals surface area (Å²) >= 11 is 0. The monoisotopic (exact) mass is 524 g/mol. The van der Waals surface area contributed by atoms with Gasteiger partial charge in [-0.05, 0) is 66.6 Å². The quantitative estimate of drug-likeness (QED) is 0.249. The first kappa shape index (κ1) is 26.5. The molecule has 2 amide bonds. The maximum Gasteiger partial charge on any atom is 0.319 e. The van der Waals surface area contributed by atoms with Crippen LogP contribution >= 0.6 is 0 Å². The summed E-state index contributed by atoms with van der Waals surface area (Å²) in [6, 6.07) is 24.6. The van der Waals surface area contributed by atoms with Crippen LogP contribution in [0, 0.1) is 0 Å². The second-order valence-electron chi connectivity index (χ2n) is 9.84. The van der Waals surface area contributed by atoms with Gasteiger partial charge in [0.25, 0.3) is 0 Å². The Balaban J connectivity index is 1.22. The number of nitrogens with one attached hydrogen (secondary N) is 2. The van der Waals surface area contributed by atoms with E-state index < -0.39 is 0 Å². The maximum absolute atomic E-state index is 12.6. The van der Waals surface area contributed by atoms with Crippen molar-refractivity contribution in [3.8, 4) is 11.5 Å². The van der Waals surface area contributed by atoms with E-state index in [-0.39, 0.29) is 12.1 Å². The Morgan fingerprint density at radius 1 is 1.00 bits per heavy atom. The lowest BCUT2D eigenvalue weighted by Gasteiger charge is -2.38. The van der Waals surface area contributed by atoms with E-state index in [0.717, 1.165) is 66.9 Å². The second kappa shape index (κ2) is 12.6. The summed E-state index contributed by atoms with van der Waals surface area (Å²) in [7, 11) is 3.38. The zero-order chi connectivity index (χ0) is 27.0. The Labute approximate surface area is 230 Å². The average Bonchev–Trinajstić information content (AvgIpc) is 2.98. The highest BCUT2D eigenvalue weighted by molar-refractivity contribution is 6.00. The largest absolute Gasteiger partial charge is 0.493 e. The first-order valence-corrected chi connectivity index (χ1v) is 13.6. The molecule has 0 saturated carbocycles. The molecular weight excluding hydrogens is 488 g/mol. The molecule has 4 aromatic rings. The number of carbonyl (C=O) groups is 1. The normalized spacial score (nSPS) is 15.0. The molecule has 0 saturated heterocycles. The highest BCUT2D eigenvalue weighted by Crippen LogP contribution is 2.40. The van der Waals surface area contributed by atoms with Gasteiger partial charge in [-0.25, -0.2) is 4.79 Å². The van der Waals surface area contributed by atoms with E-state index in [1.165, 1.54) is 16.7 Å². The number of urea groups is 1. The highest BCUT2D eigenvalue weighted by atomic mass is 16.5. The summed E-state index contributed by atoms with van der Waals surface area (Å²) < 4.78 is 11.2. The van der Waals surface area contributed by atoms with Crippen LogP contribution in [-0.4, -0.2) is 49.8 Å². The summed E-state index contributed by atoms with van der Waals surface area (Å²) in [5, 5.41) is 6.93. The minimum atomic E-state index is -0.201. The van der Waals surface area contributed by atoms with Gasteiger partial charge in [0.15, 0.2) is 11.5 Å². The van der Waals surface area contributed by atoms with Gasteiger partial charge < -0.3 is 20.1 Å². The number of para-hydroxylation sites is 1. The molecule has 1 aliphatic heterocycles. The zero-order valence-electron chi connectivity index (χ0n) is 22.7. The molecule has 1 unspecified atom stereocenters. The number of fused-ring (bicyclic) bond motifs is 2. The van der Waals surface area contributed by atoms with Crippen molar-refractivity contribution < 1.29 is 14.3 Å². The summed E-state index contributed by atoms with van der Waals surface area (Å²) in [6.07, 6.45) is 5.54. The number of carbonyl (C=O) groups excluding carboxylic acids is 1. The van der Waals surface area contributed by atoms with Gasteiger partial charge in [-0.2, -0.15) is 0 Å². The van der Waals surface area contributed by atoms with Crippen LogP contribution in [0.5, 0.6) is 11.5 Å². The molecule has 0 spiro atoms. The van der Waals surface area contributed by atoms with E-state index in [1.54, 1.807) is 20.4 Å². The Morgan fingerprint density at radius 3 is 2.59 bits per heavy atom. The molecule has 7 nitrogen and oxygen atoms in total. The lowest BCUT2D eigenvalue weighted by Crippen LogP contribution is -2.38. The molecule has 2 heterocycles. The highest BCUT2D eigenvalue weighted by Gasteiger charge is 2.28. The van der Waals surface area contributed by atoms with Crippen LogP contribution in [-0.2, 0) is 12.8 Å². The molecule has 0 radical (unpaired) electrons. The van der Waals surface area contributed by atoms with Crippen molar-refractivity contribution in [1.82, 2.24) is 15.2 Å². The van der Waals surface area contributed by atoms with Crippen LogP contribution in [0.2, 0.25) is 0 Å². The van der Waals surface area contributed by atoms with E-state index >= 15 is 0 Å². The SMILES string of the molecule is COc1cc2c(cc1OC)C(CCc1ccccc1)N(CCCNC(=O)Nc1ccnc3ccccc13)CC2. The number of benzene rings is 3. The number of aromatic nitrogens is 1. The van der Waals surface area contributed by atoms with Crippen molar-refractivity contribution in [3.63, 3.8) is 0 Å². The molecule has 1 aliphatic rings. The average molecular weight is 525 g/mol. The molecule has 1 atom stereocenters. The van der Waals surface area contributed by atoms with E-state index in [4.69, 9.17) is 9.47 Å². The molecule has 202 valence electrons. The van der Waals surface area contributed by atoms with Gasteiger partial charge in [0.2, 0.25) is 0 Å². The number of pyridine rings is 1. The molecule has 7 heteroatoms. The van der Waals surface area contributed by atoms with Gasteiger partial charge >= 0.3 is 6.03 Å².